The van der Waals surface area contributed by atoms with Crippen molar-refractivity contribution in [3.63, 3.8) is 0 Å². The van der Waals surface area contributed by atoms with Gasteiger partial charge in [-0.05, 0) is 38.3 Å². The van der Waals surface area contributed by atoms with Crippen LogP contribution in [0.25, 0.3) is 16.7 Å². The number of likely N-dealkylation sites (tertiary alicyclic amines) is 1. The molecule has 26 heavy (non-hydrogen) atoms. The maximum absolute atomic E-state index is 12.6. The molecule has 0 spiro atoms. The van der Waals surface area contributed by atoms with E-state index in [1.807, 2.05) is 35.2 Å². The van der Waals surface area contributed by atoms with Gasteiger partial charge in [-0.2, -0.15) is 5.10 Å². The van der Waals surface area contributed by atoms with E-state index in [9.17, 15) is 4.79 Å². The fraction of sp³-hybridized carbons (Fsp3) is 0.368. The zero-order valence-electron chi connectivity index (χ0n) is 14.7. The van der Waals surface area contributed by atoms with Gasteiger partial charge in [0, 0.05) is 12.6 Å². The molecule has 6 nitrogen and oxygen atoms in total. The summed E-state index contributed by atoms with van der Waals surface area (Å²) in [5.74, 6) is 0.580. The molecule has 1 atom stereocenters. The van der Waals surface area contributed by atoms with Gasteiger partial charge in [0.25, 0.3) is 0 Å². The number of rotatable bonds is 4. The molecule has 0 aliphatic carbocycles. The first kappa shape index (κ1) is 17.0. The maximum atomic E-state index is 12.6. The van der Waals surface area contributed by atoms with Crippen molar-refractivity contribution in [2.75, 3.05) is 12.3 Å². The molecule has 0 unspecified atom stereocenters. The van der Waals surface area contributed by atoms with Gasteiger partial charge in [0.2, 0.25) is 5.91 Å². The summed E-state index contributed by atoms with van der Waals surface area (Å²) < 4.78 is 1.80. The Morgan fingerprint density at radius 3 is 2.88 bits per heavy atom. The van der Waals surface area contributed by atoms with Crippen LogP contribution in [-0.4, -0.2) is 48.9 Å². The number of thioether (sulfide) groups is 1. The standard InChI is InChI=1S/C19H21N5OS/c1-14-7-5-6-10-23(14)17(25)12-26-19-16-11-22-24(18(16)20-13-21-19)15-8-3-2-4-9-15/h2-4,8-9,11,13-14H,5-7,10,12H2,1H3/t14-/m0/s1. The van der Waals surface area contributed by atoms with Crippen LogP contribution in [0.5, 0.6) is 0 Å². The van der Waals surface area contributed by atoms with Gasteiger partial charge in [-0.1, -0.05) is 30.0 Å². The van der Waals surface area contributed by atoms with Crippen molar-refractivity contribution in [2.45, 2.75) is 37.3 Å². The summed E-state index contributed by atoms with van der Waals surface area (Å²) in [4.78, 5) is 23.4. The van der Waals surface area contributed by atoms with Crippen LogP contribution in [0.4, 0.5) is 0 Å². The fourth-order valence-electron chi connectivity index (χ4n) is 3.38. The highest BCUT2D eigenvalue weighted by molar-refractivity contribution is 8.00. The van der Waals surface area contributed by atoms with Crippen LogP contribution in [0, 0.1) is 0 Å². The van der Waals surface area contributed by atoms with E-state index in [0.717, 1.165) is 41.1 Å². The third kappa shape index (κ3) is 3.31. The summed E-state index contributed by atoms with van der Waals surface area (Å²) in [6, 6.07) is 10.2. The molecule has 1 saturated heterocycles. The predicted octanol–water partition coefficient (Wildman–Crippen LogP) is 3.31. The first-order chi connectivity index (χ1) is 12.7. The van der Waals surface area contributed by atoms with Gasteiger partial charge >= 0.3 is 0 Å². The lowest BCUT2D eigenvalue weighted by atomic mass is 10.0. The second-order valence-electron chi connectivity index (χ2n) is 6.53. The molecule has 2 aromatic heterocycles. The predicted molar refractivity (Wildman–Crippen MR) is 102 cm³/mol. The largest absolute Gasteiger partial charge is 0.339 e. The lowest BCUT2D eigenvalue weighted by Crippen LogP contribution is -2.42. The summed E-state index contributed by atoms with van der Waals surface area (Å²) in [5.41, 5.74) is 1.71. The van der Waals surface area contributed by atoms with Crippen molar-refractivity contribution in [3.8, 4) is 5.69 Å². The summed E-state index contributed by atoms with van der Waals surface area (Å²) >= 11 is 1.47. The number of carbonyl (C=O) groups excluding carboxylic acids is 1. The van der Waals surface area contributed by atoms with E-state index in [-0.39, 0.29) is 5.91 Å². The first-order valence-electron chi connectivity index (χ1n) is 8.90. The Morgan fingerprint density at radius 2 is 2.08 bits per heavy atom. The van der Waals surface area contributed by atoms with Gasteiger partial charge in [-0.25, -0.2) is 14.6 Å². The molecule has 1 aliphatic rings. The smallest absolute Gasteiger partial charge is 0.233 e. The van der Waals surface area contributed by atoms with Crippen LogP contribution < -0.4 is 0 Å². The fourth-order valence-corrected chi connectivity index (χ4v) is 4.22. The quantitative estimate of drug-likeness (QED) is 0.523. The van der Waals surface area contributed by atoms with E-state index in [4.69, 9.17) is 0 Å². The highest BCUT2D eigenvalue weighted by atomic mass is 32.2. The average molecular weight is 367 g/mol. The second-order valence-corrected chi connectivity index (χ2v) is 7.49. The lowest BCUT2D eigenvalue weighted by Gasteiger charge is -2.33. The maximum Gasteiger partial charge on any atom is 0.233 e. The van der Waals surface area contributed by atoms with Crippen molar-refractivity contribution in [2.24, 2.45) is 0 Å². The Hall–Kier alpha value is -2.41. The van der Waals surface area contributed by atoms with E-state index in [0.29, 0.717) is 11.8 Å². The number of aromatic nitrogens is 4. The van der Waals surface area contributed by atoms with E-state index < -0.39 is 0 Å². The van der Waals surface area contributed by atoms with Crippen molar-refractivity contribution in [1.29, 1.82) is 0 Å². The van der Waals surface area contributed by atoms with Crippen LogP contribution in [0.3, 0.4) is 0 Å². The zero-order valence-corrected chi connectivity index (χ0v) is 15.5. The lowest BCUT2D eigenvalue weighted by molar-refractivity contribution is -0.131. The van der Waals surface area contributed by atoms with Gasteiger partial charge in [0.05, 0.1) is 23.0 Å². The third-order valence-electron chi connectivity index (χ3n) is 4.79. The normalized spacial score (nSPS) is 17.6. The Labute approximate surface area is 156 Å². The van der Waals surface area contributed by atoms with Gasteiger partial charge in [0.15, 0.2) is 5.65 Å². The van der Waals surface area contributed by atoms with Crippen LogP contribution in [0.15, 0.2) is 47.9 Å². The monoisotopic (exact) mass is 367 g/mol. The number of nitrogens with zero attached hydrogens (tertiary/aromatic N) is 5. The topological polar surface area (TPSA) is 63.9 Å². The zero-order chi connectivity index (χ0) is 17.9. The van der Waals surface area contributed by atoms with Gasteiger partial charge in [-0.3, -0.25) is 4.79 Å². The molecule has 1 amide bonds. The minimum atomic E-state index is 0.185. The molecule has 1 fully saturated rings. The molecule has 1 aromatic carbocycles. The van der Waals surface area contributed by atoms with E-state index in [1.165, 1.54) is 18.2 Å². The SMILES string of the molecule is C[C@H]1CCCCN1C(=O)CSc1ncnc2c1cnn2-c1ccccc1. The van der Waals surface area contributed by atoms with Crippen molar-refractivity contribution in [3.05, 3.63) is 42.9 Å². The minimum absolute atomic E-state index is 0.185. The Morgan fingerprint density at radius 1 is 1.23 bits per heavy atom. The molecule has 3 aromatic rings. The molecule has 1 aliphatic heterocycles. The molecule has 0 N–H and O–H groups in total. The summed E-state index contributed by atoms with van der Waals surface area (Å²) in [6.07, 6.45) is 6.72. The molecule has 0 saturated carbocycles. The number of piperidine rings is 1. The number of para-hydroxylation sites is 1. The number of benzene rings is 1. The third-order valence-corrected chi connectivity index (χ3v) is 5.78. The summed E-state index contributed by atoms with van der Waals surface area (Å²) in [7, 11) is 0. The number of amides is 1. The van der Waals surface area contributed by atoms with Crippen LogP contribution in [-0.2, 0) is 4.79 Å². The highest BCUT2D eigenvalue weighted by Gasteiger charge is 2.23. The number of carbonyl (C=O) groups is 1. The molecule has 134 valence electrons. The van der Waals surface area contributed by atoms with E-state index in [2.05, 4.69) is 22.0 Å². The first-order valence-corrected chi connectivity index (χ1v) is 9.89. The average Bonchev–Trinajstić information content (AvgIpc) is 3.12. The molecule has 0 bridgehead atoms. The van der Waals surface area contributed by atoms with Crippen molar-refractivity contribution >= 4 is 28.7 Å². The minimum Gasteiger partial charge on any atom is -0.339 e. The van der Waals surface area contributed by atoms with Gasteiger partial charge in [-0.15, -0.1) is 0 Å². The van der Waals surface area contributed by atoms with E-state index >= 15 is 0 Å². The highest BCUT2D eigenvalue weighted by Crippen LogP contribution is 2.27. The van der Waals surface area contributed by atoms with Crippen molar-refractivity contribution in [1.82, 2.24) is 24.6 Å². The Kier molecular flexibility index (Phi) is 4.88. The molecule has 7 heteroatoms. The van der Waals surface area contributed by atoms with Gasteiger partial charge in [0.1, 0.15) is 11.4 Å². The number of fused-ring (bicyclic) bond motifs is 1. The summed E-state index contributed by atoms with van der Waals surface area (Å²) in [6.45, 7) is 3.00. The molecule has 4 rings (SSSR count). The van der Waals surface area contributed by atoms with Crippen molar-refractivity contribution < 1.29 is 4.79 Å². The molecular weight excluding hydrogens is 346 g/mol. The number of hydrogen-bond acceptors (Lipinski definition) is 5. The molecular formula is C19H21N5OS. The molecule has 3 heterocycles. The van der Waals surface area contributed by atoms with E-state index in [1.54, 1.807) is 17.2 Å². The van der Waals surface area contributed by atoms with Crippen LogP contribution in [0.2, 0.25) is 0 Å². The van der Waals surface area contributed by atoms with Crippen LogP contribution in [0.1, 0.15) is 26.2 Å². The second kappa shape index (κ2) is 7.45. The Bertz CT molecular complexity index is 911. The van der Waals surface area contributed by atoms with Crippen LogP contribution >= 0.6 is 11.8 Å². The number of hydrogen-bond donors (Lipinski definition) is 0. The Balaban J connectivity index is 1.54. The summed E-state index contributed by atoms with van der Waals surface area (Å²) in [5, 5.41) is 6.14. The van der Waals surface area contributed by atoms with Gasteiger partial charge < -0.3 is 4.90 Å². The molecule has 0 radical (unpaired) electrons.